The number of carbonyl (C=O) groups excluding carboxylic acids is 2. The molecule has 1 unspecified atom stereocenters. The van der Waals surface area contributed by atoms with E-state index in [1.165, 1.54) is 19.1 Å². The normalized spacial score (nSPS) is 17.7. The van der Waals surface area contributed by atoms with Gasteiger partial charge in [0.05, 0.1) is 38.0 Å². The Hall–Kier alpha value is -3.48. The Labute approximate surface area is 181 Å². The fraction of sp³-hybridized carbons (Fsp3) is 0.333. The molecule has 1 atom stereocenters. The summed E-state index contributed by atoms with van der Waals surface area (Å²) in [6.07, 6.45) is 0.670. The van der Waals surface area contributed by atoms with Crippen molar-refractivity contribution < 1.29 is 28.9 Å². The molecule has 164 valence electrons. The minimum Gasteiger partial charge on any atom is -0.507 e. The number of carbonyl (C=O) groups is 2. The number of Topliss-reactive ketones (excluding diaryl/α,β-unsaturated/α-hetero) is 1. The van der Waals surface area contributed by atoms with E-state index >= 15 is 0 Å². The molecule has 7 heteroatoms. The minimum absolute atomic E-state index is 0.0224. The molecular weight excluding hydrogens is 398 g/mol. The topological polar surface area (TPSA) is 85.3 Å². The van der Waals surface area contributed by atoms with E-state index in [0.29, 0.717) is 42.4 Å². The fourth-order valence-electron chi connectivity index (χ4n) is 3.76. The molecule has 0 aromatic heterocycles. The van der Waals surface area contributed by atoms with Crippen LogP contribution in [0.5, 0.6) is 17.2 Å². The van der Waals surface area contributed by atoms with Gasteiger partial charge < -0.3 is 24.2 Å². The third-order valence-corrected chi connectivity index (χ3v) is 5.17. The number of amides is 1. The molecule has 1 fully saturated rings. The molecule has 1 aliphatic rings. The van der Waals surface area contributed by atoms with Crippen molar-refractivity contribution in [2.24, 2.45) is 0 Å². The lowest BCUT2D eigenvalue weighted by molar-refractivity contribution is -0.139. The average Bonchev–Trinajstić information content (AvgIpc) is 3.04. The standard InChI is InChI=1S/C24H27NO6/c1-5-13-25-21(15-7-9-16(10-8-15)31-6-2)20(23(27)24(25)28)22(26)18-14-17(29-3)11-12-19(18)30-4/h7-12,14,21,26H,5-6,13H2,1-4H3/b22-20+. The van der Waals surface area contributed by atoms with Crippen molar-refractivity contribution in [3.63, 3.8) is 0 Å². The van der Waals surface area contributed by atoms with Gasteiger partial charge in [-0.1, -0.05) is 19.1 Å². The van der Waals surface area contributed by atoms with Crippen LogP contribution in [0.1, 0.15) is 37.4 Å². The van der Waals surface area contributed by atoms with Crippen molar-refractivity contribution in [2.45, 2.75) is 26.3 Å². The lowest BCUT2D eigenvalue weighted by Gasteiger charge is -2.25. The molecule has 0 radical (unpaired) electrons. The van der Waals surface area contributed by atoms with Crippen molar-refractivity contribution in [1.29, 1.82) is 0 Å². The largest absolute Gasteiger partial charge is 0.507 e. The second-order valence-corrected chi connectivity index (χ2v) is 7.06. The molecule has 1 saturated heterocycles. The number of likely N-dealkylation sites (tertiary alicyclic amines) is 1. The van der Waals surface area contributed by atoms with Crippen LogP contribution in [0.4, 0.5) is 0 Å². The number of aliphatic hydroxyl groups excluding tert-OH is 1. The van der Waals surface area contributed by atoms with E-state index < -0.39 is 17.7 Å². The lowest BCUT2D eigenvalue weighted by atomic mass is 9.94. The van der Waals surface area contributed by atoms with Crippen molar-refractivity contribution in [1.82, 2.24) is 4.90 Å². The van der Waals surface area contributed by atoms with Crippen LogP contribution in [0.3, 0.4) is 0 Å². The van der Waals surface area contributed by atoms with E-state index in [1.54, 1.807) is 42.5 Å². The molecule has 7 nitrogen and oxygen atoms in total. The van der Waals surface area contributed by atoms with Gasteiger partial charge in [-0.3, -0.25) is 9.59 Å². The Bertz CT molecular complexity index is 996. The van der Waals surface area contributed by atoms with E-state index in [0.717, 1.165) is 0 Å². The predicted octanol–water partition coefficient (Wildman–Crippen LogP) is 3.93. The molecule has 1 amide bonds. The molecule has 3 rings (SSSR count). The first kappa shape index (κ1) is 22.2. The predicted molar refractivity (Wildman–Crippen MR) is 116 cm³/mol. The minimum atomic E-state index is -0.727. The summed E-state index contributed by atoms with van der Waals surface area (Å²) in [6, 6.07) is 11.4. The van der Waals surface area contributed by atoms with Gasteiger partial charge >= 0.3 is 0 Å². The lowest BCUT2D eigenvalue weighted by Crippen LogP contribution is -2.30. The third-order valence-electron chi connectivity index (χ3n) is 5.17. The van der Waals surface area contributed by atoms with Gasteiger partial charge in [-0.15, -0.1) is 0 Å². The fourth-order valence-corrected chi connectivity index (χ4v) is 3.76. The van der Waals surface area contributed by atoms with Gasteiger partial charge in [0.15, 0.2) is 0 Å². The van der Waals surface area contributed by atoms with Crippen molar-refractivity contribution in [3.05, 3.63) is 59.2 Å². The molecule has 1 aliphatic heterocycles. The number of aliphatic hydroxyl groups is 1. The molecule has 0 saturated carbocycles. The van der Waals surface area contributed by atoms with Gasteiger partial charge in [0.1, 0.15) is 23.0 Å². The van der Waals surface area contributed by atoms with Gasteiger partial charge in [0, 0.05) is 6.54 Å². The molecular formula is C24H27NO6. The van der Waals surface area contributed by atoms with Crippen molar-refractivity contribution in [3.8, 4) is 17.2 Å². The number of hydrogen-bond donors (Lipinski definition) is 1. The first-order valence-electron chi connectivity index (χ1n) is 10.2. The van der Waals surface area contributed by atoms with Crippen molar-refractivity contribution >= 4 is 17.4 Å². The summed E-state index contributed by atoms with van der Waals surface area (Å²) in [7, 11) is 2.98. The summed E-state index contributed by atoms with van der Waals surface area (Å²) in [6.45, 7) is 4.74. The first-order valence-corrected chi connectivity index (χ1v) is 10.2. The Kier molecular flexibility index (Phi) is 6.84. The average molecular weight is 425 g/mol. The van der Waals surface area contributed by atoms with Gasteiger partial charge in [-0.05, 0) is 49.2 Å². The Balaban J connectivity index is 2.19. The highest BCUT2D eigenvalue weighted by Crippen LogP contribution is 2.42. The summed E-state index contributed by atoms with van der Waals surface area (Å²) >= 11 is 0. The monoisotopic (exact) mass is 425 g/mol. The third kappa shape index (κ3) is 4.21. The van der Waals surface area contributed by atoms with E-state index in [1.807, 2.05) is 13.8 Å². The van der Waals surface area contributed by atoms with Crippen LogP contribution in [0.2, 0.25) is 0 Å². The van der Waals surface area contributed by atoms with Gasteiger partial charge in [0.2, 0.25) is 0 Å². The molecule has 1 N–H and O–H groups in total. The SMILES string of the molecule is CCCN1C(=O)C(=O)/C(=C(/O)c2cc(OC)ccc2OC)C1c1ccc(OCC)cc1. The number of methoxy groups -OCH3 is 2. The molecule has 0 bridgehead atoms. The quantitative estimate of drug-likeness (QED) is 0.392. The van der Waals surface area contributed by atoms with Crippen LogP contribution in [0.15, 0.2) is 48.0 Å². The Morgan fingerprint density at radius 2 is 1.68 bits per heavy atom. The van der Waals surface area contributed by atoms with E-state index in [9.17, 15) is 14.7 Å². The van der Waals surface area contributed by atoms with Crippen LogP contribution >= 0.6 is 0 Å². The number of ether oxygens (including phenoxy) is 3. The summed E-state index contributed by atoms with van der Waals surface area (Å²) in [5.41, 5.74) is 1.01. The highest BCUT2D eigenvalue weighted by Gasteiger charge is 2.46. The maximum atomic E-state index is 13.0. The van der Waals surface area contributed by atoms with Gasteiger partial charge in [-0.25, -0.2) is 0 Å². The van der Waals surface area contributed by atoms with Crippen LogP contribution in [-0.2, 0) is 9.59 Å². The molecule has 1 heterocycles. The van der Waals surface area contributed by atoms with Crippen molar-refractivity contribution in [2.75, 3.05) is 27.4 Å². The number of hydrogen-bond acceptors (Lipinski definition) is 6. The summed E-state index contributed by atoms with van der Waals surface area (Å²) < 4.78 is 16.1. The number of ketones is 1. The highest BCUT2D eigenvalue weighted by atomic mass is 16.5. The highest BCUT2D eigenvalue weighted by molar-refractivity contribution is 6.46. The molecule has 0 aliphatic carbocycles. The zero-order valence-electron chi connectivity index (χ0n) is 18.2. The van der Waals surface area contributed by atoms with Gasteiger partial charge in [-0.2, -0.15) is 0 Å². The molecule has 2 aromatic rings. The number of nitrogens with zero attached hydrogens (tertiary/aromatic N) is 1. The van der Waals surface area contributed by atoms with E-state index in [-0.39, 0.29) is 16.9 Å². The zero-order valence-corrected chi connectivity index (χ0v) is 18.2. The van der Waals surface area contributed by atoms with Crippen LogP contribution in [0, 0.1) is 0 Å². The second-order valence-electron chi connectivity index (χ2n) is 7.06. The number of benzene rings is 2. The Morgan fingerprint density at radius 1 is 1.00 bits per heavy atom. The van der Waals surface area contributed by atoms with Crippen LogP contribution in [-0.4, -0.2) is 49.1 Å². The smallest absolute Gasteiger partial charge is 0.295 e. The summed E-state index contributed by atoms with van der Waals surface area (Å²) in [5.74, 6) is -0.119. The maximum Gasteiger partial charge on any atom is 0.295 e. The molecule has 2 aromatic carbocycles. The zero-order chi connectivity index (χ0) is 22.5. The van der Waals surface area contributed by atoms with Crippen LogP contribution in [0.25, 0.3) is 5.76 Å². The van der Waals surface area contributed by atoms with E-state index in [2.05, 4.69) is 0 Å². The maximum absolute atomic E-state index is 13.0. The number of rotatable bonds is 8. The molecule has 0 spiro atoms. The summed E-state index contributed by atoms with van der Waals surface area (Å²) in [4.78, 5) is 27.3. The summed E-state index contributed by atoms with van der Waals surface area (Å²) in [5, 5.41) is 11.2. The van der Waals surface area contributed by atoms with Gasteiger partial charge in [0.25, 0.3) is 11.7 Å². The first-order chi connectivity index (χ1) is 15.0. The molecule has 31 heavy (non-hydrogen) atoms. The van der Waals surface area contributed by atoms with E-state index in [4.69, 9.17) is 14.2 Å². The Morgan fingerprint density at radius 3 is 2.26 bits per heavy atom. The van der Waals surface area contributed by atoms with Crippen LogP contribution < -0.4 is 14.2 Å². The second kappa shape index (κ2) is 9.55.